The summed E-state index contributed by atoms with van der Waals surface area (Å²) in [6.07, 6.45) is 0. The molecular weight excluding hydrogens is 342 g/mol. The van der Waals surface area contributed by atoms with Crippen molar-refractivity contribution in [2.45, 2.75) is 27.0 Å². The molecule has 21 heavy (non-hydrogen) atoms. The summed E-state index contributed by atoms with van der Waals surface area (Å²) in [5.41, 5.74) is 0.810. The van der Waals surface area contributed by atoms with Crippen molar-refractivity contribution in [1.29, 1.82) is 0 Å². The molecule has 0 aromatic heterocycles. The van der Waals surface area contributed by atoms with Crippen LogP contribution in [0.25, 0.3) is 0 Å². The summed E-state index contributed by atoms with van der Waals surface area (Å²) < 4.78 is 30.2. The molecule has 1 aromatic rings. The van der Waals surface area contributed by atoms with E-state index in [1.54, 1.807) is 18.2 Å². The first-order valence-corrected chi connectivity index (χ1v) is 7.57. The second kappa shape index (κ2) is 8.06. The normalized spacial score (nSPS) is 12.2. The number of hydrogen-bond acceptors (Lipinski definition) is 3. The summed E-state index contributed by atoms with van der Waals surface area (Å²) in [7, 11) is 4.06. The number of ether oxygens (including phenoxy) is 1. The van der Waals surface area contributed by atoms with Gasteiger partial charge in [0, 0.05) is 29.7 Å². The maximum atomic E-state index is 12.4. The highest BCUT2D eigenvalue weighted by molar-refractivity contribution is 9.10. The van der Waals surface area contributed by atoms with E-state index in [0.29, 0.717) is 12.1 Å². The first kappa shape index (κ1) is 18.3. The van der Waals surface area contributed by atoms with Crippen molar-refractivity contribution in [2.75, 3.05) is 27.2 Å². The number of halogens is 3. The lowest BCUT2D eigenvalue weighted by Gasteiger charge is -2.28. The Hall–Kier alpha value is -0.720. The van der Waals surface area contributed by atoms with Crippen LogP contribution < -0.4 is 10.1 Å². The van der Waals surface area contributed by atoms with E-state index >= 15 is 0 Å². The van der Waals surface area contributed by atoms with Gasteiger partial charge in [0.05, 0.1) is 0 Å². The first-order valence-electron chi connectivity index (χ1n) is 6.78. The maximum absolute atomic E-state index is 12.4. The van der Waals surface area contributed by atoms with E-state index in [4.69, 9.17) is 0 Å². The van der Waals surface area contributed by atoms with Crippen LogP contribution in [0.1, 0.15) is 19.4 Å². The van der Waals surface area contributed by atoms with E-state index in [2.05, 4.69) is 44.7 Å². The molecular formula is C15H23BrF2N2O. The van der Waals surface area contributed by atoms with Gasteiger partial charge in [0.25, 0.3) is 0 Å². The lowest BCUT2D eigenvalue weighted by Crippen LogP contribution is -2.37. The first-order chi connectivity index (χ1) is 9.69. The molecule has 0 unspecified atom stereocenters. The predicted molar refractivity (Wildman–Crippen MR) is 84.8 cm³/mol. The van der Waals surface area contributed by atoms with Gasteiger partial charge >= 0.3 is 6.61 Å². The predicted octanol–water partition coefficient (Wildman–Crippen LogP) is 3.73. The molecule has 1 N–H and O–H groups in total. The Bertz CT molecular complexity index is 453. The summed E-state index contributed by atoms with van der Waals surface area (Å²) in [6.45, 7) is 3.73. The Morgan fingerprint density at radius 1 is 1.33 bits per heavy atom. The van der Waals surface area contributed by atoms with Crippen LogP contribution >= 0.6 is 15.9 Å². The molecule has 120 valence electrons. The fourth-order valence-electron chi connectivity index (χ4n) is 2.34. The van der Waals surface area contributed by atoms with E-state index < -0.39 is 6.61 Å². The van der Waals surface area contributed by atoms with Gasteiger partial charge in [0.2, 0.25) is 0 Å². The van der Waals surface area contributed by atoms with Crippen LogP contribution in [0.4, 0.5) is 8.78 Å². The Labute approximate surface area is 133 Å². The number of benzene rings is 1. The fraction of sp³-hybridized carbons (Fsp3) is 0.600. The molecule has 0 heterocycles. The molecule has 0 bridgehead atoms. The number of hydrogen-bond donors (Lipinski definition) is 1. The third kappa shape index (κ3) is 7.20. The van der Waals surface area contributed by atoms with Crippen molar-refractivity contribution in [1.82, 2.24) is 10.2 Å². The van der Waals surface area contributed by atoms with Crippen molar-refractivity contribution < 1.29 is 13.5 Å². The minimum Gasteiger partial charge on any atom is -0.434 e. The largest absolute Gasteiger partial charge is 0.434 e. The zero-order valence-corrected chi connectivity index (χ0v) is 14.5. The second-order valence-corrected chi connectivity index (χ2v) is 7.05. The van der Waals surface area contributed by atoms with Gasteiger partial charge in [-0.05, 0) is 37.7 Å². The molecule has 0 saturated carbocycles. The molecule has 0 spiro atoms. The van der Waals surface area contributed by atoms with Crippen LogP contribution in [0, 0.1) is 5.41 Å². The highest BCUT2D eigenvalue weighted by Crippen LogP contribution is 2.25. The molecule has 1 rings (SSSR count). The van der Waals surface area contributed by atoms with Crippen LogP contribution in [0.2, 0.25) is 0 Å². The van der Waals surface area contributed by atoms with Crippen LogP contribution in [-0.4, -0.2) is 38.7 Å². The van der Waals surface area contributed by atoms with Crippen LogP contribution in [0.3, 0.4) is 0 Å². The molecule has 6 heteroatoms. The number of rotatable bonds is 8. The van der Waals surface area contributed by atoms with Crippen molar-refractivity contribution in [3.63, 3.8) is 0 Å². The van der Waals surface area contributed by atoms with Gasteiger partial charge in [-0.15, -0.1) is 0 Å². The van der Waals surface area contributed by atoms with Crippen LogP contribution in [-0.2, 0) is 6.54 Å². The Morgan fingerprint density at radius 2 is 2.00 bits per heavy atom. The minimum absolute atomic E-state index is 0.0965. The monoisotopic (exact) mass is 364 g/mol. The average molecular weight is 365 g/mol. The van der Waals surface area contributed by atoms with Crippen molar-refractivity contribution in [3.8, 4) is 5.75 Å². The highest BCUT2D eigenvalue weighted by Gasteiger charge is 2.18. The van der Waals surface area contributed by atoms with Gasteiger partial charge in [-0.25, -0.2) is 0 Å². The standard InChI is InChI=1S/C15H23BrF2N2O/c1-15(2,10-20(3)4)9-19-8-11-7-12(16)5-6-13(11)21-14(17)18/h5-7,14,19H,8-10H2,1-4H3. The van der Waals surface area contributed by atoms with Crippen molar-refractivity contribution in [2.24, 2.45) is 5.41 Å². The fourth-order valence-corrected chi connectivity index (χ4v) is 2.75. The van der Waals surface area contributed by atoms with Gasteiger partial charge < -0.3 is 15.0 Å². The Morgan fingerprint density at radius 3 is 2.57 bits per heavy atom. The summed E-state index contributed by atoms with van der Waals surface area (Å²) >= 11 is 3.35. The van der Waals surface area contributed by atoms with E-state index in [-0.39, 0.29) is 11.2 Å². The summed E-state index contributed by atoms with van der Waals surface area (Å²) in [6, 6.07) is 5.04. The minimum atomic E-state index is -2.81. The number of alkyl halides is 2. The topological polar surface area (TPSA) is 24.5 Å². The molecule has 0 saturated heterocycles. The number of nitrogens with one attached hydrogen (secondary N) is 1. The van der Waals surface area contributed by atoms with Gasteiger partial charge in [-0.2, -0.15) is 8.78 Å². The summed E-state index contributed by atoms with van der Waals surface area (Å²) in [5.74, 6) is 0.214. The Balaban J connectivity index is 2.64. The highest BCUT2D eigenvalue weighted by atomic mass is 79.9. The second-order valence-electron chi connectivity index (χ2n) is 6.14. The molecule has 0 aliphatic carbocycles. The van der Waals surface area contributed by atoms with Crippen molar-refractivity contribution in [3.05, 3.63) is 28.2 Å². The van der Waals surface area contributed by atoms with E-state index in [0.717, 1.165) is 17.6 Å². The SMILES string of the molecule is CN(C)CC(C)(C)CNCc1cc(Br)ccc1OC(F)F. The van der Waals surface area contributed by atoms with Gasteiger partial charge in [-0.3, -0.25) is 0 Å². The van der Waals surface area contributed by atoms with E-state index in [1.807, 2.05) is 14.1 Å². The van der Waals surface area contributed by atoms with Gasteiger partial charge in [0.1, 0.15) is 5.75 Å². The molecule has 0 radical (unpaired) electrons. The molecule has 0 amide bonds. The molecule has 3 nitrogen and oxygen atoms in total. The lowest BCUT2D eigenvalue weighted by atomic mass is 9.93. The zero-order valence-electron chi connectivity index (χ0n) is 12.9. The third-order valence-corrected chi connectivity index (χ3v) is 3.40. The van der Waals surface area contributed by atoms with Crippen LogP contribution in [0.5, 0.6) is 5.75 Å². The molecule has 0 aliphatic rings. The maximum Gasteiger partial charge on any atom is 0.387 e. The van der Waals surface area contributed by atoms with Crippen molar-refractivity contribution >= 4 is 15.9 Å². The summed E-state index contributed by atoms with van der Waals surface area (Å²) in [5, 5.41) is 3.32. The molecule has 0 fully saturated rings. The molecule has 1 aromatic carbocycles. The quantitative estimate of drug-likeness (QED) is 0.760. The smallest absolute Gasteiger partial charge is 0.387 e. The van der Waals surface area contributed by atoms with E-state index in [1.165, 1.54) is 0 Å². The van der Waals surface area contributed by atoms with Gasteiger partial charge in [0.15, 0.2) is 0 Å². The molecule has 0 aliphatic heterocycles. The summed E-state index contributed by atoms with van der Waals surface area (Å²) in [4.78, 5) is 2.13. The van der Waals surface area contributed by atoms with Crippen LogP contribution in [0.15, 0.2) is 22.7 Å². The third-order valence-electron chi connectivity index (χ3n) is 2.90. The zero-order chi connectivity index (χ0) is 16.0. The Kier molecular flexibility index (Phi) is 7.03. The lowest BCUT2D eigenvalue weighted by molar-refractivity contribution is -0.0505. The van der Waals surface area contributed by atoms with E-state index in [9.17, 15) is 8.78 Å². The van der Waals surface area contributed by atoms with Gasteiger partial charge in [-0.1, -0.05) is 29.8 Å². The average Bonchev–Trinajstić information content (AvgIpc) is 2.30. The number of nitrogens with zero attached hydrogens (tertiary/aromatic N) is 1. The molecule has 0 atom stereocenters.